The molecule has 0 aliphatic rings. The van der Waals surface area contributed by atoms with Crippen molar-refractivity contribution < 1.29 is 14.3 Å². The number of benzene rings is 2. The Hall–Kier alpha value is -2.80. The van der Waals surface area contributed by atoms with Crippen molar-refractivity contribution in [3.05, 3.63) is 66.0 Å². The fraction of sp³-hybridized carbons (Fsp3) is 0.250. The number of imidazole rings is 1. The van der Waals surface area contributed by atoms with E-state index in [1.807, 2.05) is 36.6 Å². The smallest absolute Gasteiger partial charge is 0.329 e. The van der Waals surface area contributed by atoms with Crippen molar-refractivity contribution in [3.8, 4) is 0 Å². The van der Waals surface area contributed by atoms with Crippen LogP contribution in [0.2, 0.25) is 0 Å². The van der Waals surface area contributed by atoms with E-state index in [0.717, 1.165) is 16.8 Å². The quantitative estimate of drug-likeness (QED) is 0.584. The molecule has 27 heavy (non-hydrogen) atoms. The highest BCUT2D eigenvalue weighted by molar-refractivity contribution is 7.98. The number of amides is 1. The molecule has 7 heteroatoms. The zero-order valence-corrected chi connectivity index (χ0v) is 15.8. The molecule has 1 aromatic heterocycles. The molecule has 6 nitrogen and oxygen atoms in total. The summed E-state index contributed by atoms with van der Waals surface area (Å²) in [7, 11) is 0. The summed E-state index contributed by atoms with van der Waals surface area (Å²) in [4.78, 5) is 32.4. The molecular formula is C20H21N3O3S. The number of hydrogen-bond acceptors (Lipinski definition) is 5. The van der Waals surface area contributed by atoms with Gasteiger partial charge < -0.3 is 15.0 Å². The standard InChI is InChI=1S/C20H21N3O3S/c1-27-12-11-17(23-19(24)14-7-3-2-4-8-14)20(25)26-13-18-21-15-9-5-6-10-16(15)22-18/h2-10,17H,11-13H2,1H3,(H,21,22)(H,23,24)/t17-/m0/s1. The maximum absolute atomic E-state index is 12.5. The van der Waals surface area contributed by atoms with Crippen LogP contribution in [0.15, 0.2) is 54.6 Å². The Morgan fingerprint density at radius 3 is 2.63 bits per heavy atom. The van der Waals surface area contributed by atoms with Gasteiger partial charge >= 0.3 is 5.97 Å². The molecule has 140 valence electrons. The predicted octanol–water partition coefficient (Wildman–Crippen LogP) is 3.16. The van der Waals surface area contributed by atoms with Crippen LogP contribution in [0.3, 0.4) is 0 Å². The molecule has 3 aromatic rings. The van der Waals surface area contributed by atoms with E-state index < -0.39 is 12.0 Å². The third-order valence-electron chi connectivity index (χ3n) is 4.03. The number of aromatic nitrogens is 2. The Balaban J connectivity index is 1.62. The summed E-state index contributed by atoms with van der Waals surface area (Å²) in [5, 5.41) is 2.77. The highest BCUT2D eigenvalue weighted by Gasteiger charge is 2.23. The van der Waals surface area contributed by atoms with Crippen LogP contribution in [0, 0.1) is 0 Å². The molecule has 0 fully saturated rings. The van der Waals surface area contributed by atoms with Crippen LogP contribution in [0.4, 0.5) is 0 Å². The lowest BCUT2D eigenvalue weighted by molar-refractivity contribution is -0.147. The normalized spacial score (nSPS) is 11.9. The van der Waals surface area contributed by atoms with E-state index in [9.17, 15) is 9.59 Å². The van der Waals surface area contributed by atoms with Crippen LogP contribution < -0.4 is 5.32 Å². The molecule has 1 heterocycles. The Labute approximate surface area is 161 Å². The van der Waals surface area contributed by atoms with Gasteiger partial charge in [-0.3, -0.25) is 4.79 Å². The molecule has 0 radical (unpaired) electrons. The van der Waals surface area contributed by atoms with Crippen molar-refractivity contribution in [1.29, 1.82) is 0 Å². The molecule has 0 aliphatic carbocycles. The predicted molar refractivity (Wildman–Crippen MR) is 107 cm³/mol. The Morgan fingerprint density at radius 1 is 1.15 bits per heavy atom. The van der Waals surface area contributed by atoms with E-state index in [-0.39, 0.29) is 12.5 Å². The number of nitrogens with one attached hydrogen (secondary N) is 2. The summed E-state index contributed by atoms with van der Waals surface area (Å²) >= 11 is 1.61. The van der Waals surface area contributed by atoms with Gasteiger partial charge in [-0.1, -0.05) is 30.3 Å². The van der Waals surface area contributed by atoms with Crippen molar-refractivity contribution in [1.82, 2.24) is 15.3 Å². The van der Waals surface area contributed by atoms with Gasteiger partial charge in [0.05, 0.1) is 11.0 Å². The summed E-state index contributed by atoms with van der Waals surface area (Å²) in [6, 6.07) is 15.7. The second kappa shape index (κ2) is 9.23. The van der Waals surface area contributed by atoms with Gasteiger partial charge in [-0.15, -0.1) is 0 Å². The molecule has 1 atom stereocenters. The minimum atomic E-state index is -0.700. The highest BCUT2D eigenvalue weighted by atomic mass is 32.2. The number of rotatable bonds is 8. The van der Waals surface area contributed by atoms with Gasteiger partial charge in [0.2, 0.25) is 0 Å². The molecule has 0 saturated heterocycles. The highest BCUT2D eigenvalue weighted by Crippen LogP contribution is 2.12. The molecule has 0 bridgehead atoms. The Morgan fingerprint density at radius 2 is 1.89 bits per heavy atom. The maximum Gasteiger partial charge on any atom is 0.329 e. The van der Waals surface area contributed by atoms with E-state index in [4.69, 9.17) is 4.74 Å². The molecule has 0 aliphatic heterocycles. The number of carbonyl (C=O) groups excluding carboxylic acids is 2. The Bertz CT molecular complexity index is 878. The van der Waals surface area contributed by atoms with Crippen LogP contribution in [-0.2, 0) is 16.1 Å². The number of fused-ring (bicyclic) bond motifs is 1. The number of carbonyl (C=O) groups is 2. The van der Waals surface area contributed by atoms with Gasteiger partial charge in [0.1, 0.15) is 18.5 Å². The summed E-state index contributed by atoms with van der Waals surface area (Å²) in [5.74, 6) is 0.554. The van der Waals surface area contributed by atoms with Crippen LogP contribution in [0.25, 0.3) is 11.0 Å². The van der Waals surface area contributed by atoms with Crippen molar-refractivity contribution in [3.63, 3.8) is 0 Å². The number of ether oxygens (including phenoxy) is 1. The first-order valence-corrected chi connectivity index (χ1v) is 10.0. The third-order valence-corrected chi connectivity index (χ3v) is 4.67. The first-order valence-electron chi connectivity index (χ1n) is 8.62. The van der Waals surface area contributed by atoms with Gasteiger partial charge in [0.15, 0.2) is 0 Å². The number of hydrogen-bond donors (Lipinski definition) is 2. The van der Waals surface area contributed by atoms with E-state index >= 15 is 0 Å². The van der Waals surface area contributed by atoms with Gasteiger partial charge in [-0.2, -0.15) is 11.8 Å². The molecule has 3 rings (SSSR count). The van der Waals surface area contributed by atoms with E-state index in [2.05, 4.69) is 15.3 Å². The summed E-state index contributed by atoms with van der Waals surface area (Å²) in [5.41, 5.74) is 2.22. The van der Waals surface area contributed by atoms with Crippen LogP contribution in [-0.4, -0.2) is 39.9 Å². The molecule has 0 unspecified atom stereocenters. The fourth-order valence-electron chi connectivity index (χ4n) is 2.63. The van der Waals surface area contributed by atoms with Crippen molar-refractivity contribution >= 4 is 34.7 Å². The minimum Gasteiger partial charge on any atom is -0.456 e. The van der Waals surface area contributed by atoms with Gasteiger partial charge in [0, 0.05) is 5.56 Å². The zero-order chi connectivity index (χ0) is 19.1. The van der Waals surface area contributed by atoms with Gasteiger partial charge in [-0.05, 0) is 42.7 Å². The molecule has 1 amide bonds. The van der Waals surface area contributed by atoms with Gasteiger partial charge in [0.25, 0.3) is 5.91 Å². The largest absolute Gasteiger partial charge is 0.456 e. The first-order chi connectivity index (χ1) is 13.2. The van der Waals surface area contributed by atoms with Crippen LogP contribution >= 0.6 is 11.8 Å². The molecular weight excluding hydrogens is 362 g/mol. The topological polar surface area (TPSA) is 84.1 Å². The fourth-order valence-corrected chi connectivity index (χ4v) is 3.10. The minimum absolute atomic E-state index is 0.0322. The SMILES string of the molecule is CSCC[C@H](NC(=O)c1ccccc1)C(=O)OCc1nc2ccccc2[nH]1. The van der Waals surface area contributed by atoms with Crippen molar-refractivity contribution in [2.75, 3.05) is 12.0 Å². The Kier molecular flexibility index (Phi) is 6.49. The van der Waals surface area contributed by atoms with Crippen molar-refractivity contribution in [2.45, 2.75) is 19.1 Å². The second-order valence-corrected chi connectivity index (χ2v) is 6.97. The maximum atomic E-state index is 12.5. The lowest BCUT2D eigenvalue weighted by Crippen LogP contribution is -2.42. The van der Waals surface area contributed by atoms with Crippen LogP contribution in [0.5, 0.6) is 0 Å². The molecule has 0 saturated carbocycles. The number of thioether (sulfide) groups is 1. The van der Waals surface area contributed by atoms with Gasteiger partial charge in [-0.25, -0.2) is 9.78 Å². The molecule has 2 aromatic carbocycles. The number of aromatic amines is 1. The molecule has 0 spiro atoms. The second-order valence-electron chi connectivity index (χ2n) is 5.98. The number of H-pyrrole nitrogens is 1. The number of esters is 1. The average molecular weight is 383 g/mol. The monoisotopic (exact) mass is 383 g/mol. The molecule has 2 N–H and O–H groups in total. The average Bonchev–Trinajstić information content (AvgIpc) is 3.12. The van der Waals surface area contributed by atoms with Crippen molar-refractivity contribution in [2.24, 2.45) is 0 Å². The summed E-state index contributed by atoms with van der Waals surface area (Å²) in [6.07, 6.45) is 2.45. The lowest BCUT2D eigenvalue weighted by Gasteiger charge is -2.17. The van der Waals surface area contributed by atoms with E-state index in [1.54, 1.807) is 36.0 Å². The van der Waals surface area contributed by atoms with E-state index in [0.29, 0.717) is 17.8 Å². The number of para-hydroxylation sites is 2. The summed E-state index contributed by atoms with van der Waals surface area (Å²) < 4.78 is 5.40. The van der Waals surface area contributed by atoms with E-state index in [1.165, 1.54) is 0 Å². The zero-order valence-electron chi connectivity index (χ0n) is 15.0. The van der Waals surface area contributed by atoms with Crippen LogP contribution in [0.1, 0.15) is 22.6 Å². The lowest BCUT2D eigenvalue weighted by atomic mass is 10.1. The third kappa shape index (κ3) is 5.10. The first kappa shape index (κ1) is 19.0. The summed E-state index contributed by atoms with van der Waals surface area (Å²) in [6.45, 7) is 0.0322. The number of nitrogens with zero attached hydrogens (tertiary/aromatic N) is 1.